The average Bonchev–Trinajstić information content (AvgIpc) is 2.77. The lowest BCUT2D eigenvalue weighted by atomic mass is 10.0. The zero-order valence-electron chi connectivity index (χ0n) is 10.1. The van der Waals surface area contributed by atoms with Crippen molar-refractivity contribution >= 4 is 41.9 Å². The van der Waals surface area contributed by atoms with E-state index in [9.17, 15) is 12.8 Å². The van der Waals surface area contributed by atoms with Gasteiger partial charge in [0.2, 0.25) is 10.0 Å². The van der Waals surface area contributed by atoms with Gasteiger partial charge in [0.25, 0.3) is 0 Å². The molecule has 0 amide bonds. The van der Waals surface area contributed by atoms with Crippen LogP contribution in [0.3, 0.4) is 0 Å². The van der Waals surface area contributed by atoms with Crippen molar-refractivity contribution in [3.05, 3.63) is 28.5 Å². The third-order valence-corrected chi connectivity index (χ3v) is 6.53. The topological polar surface area (TPSA) is 46.2 Å². The lowest BCUT2D eigenvalue weighted by Gasteiger charge is -2.27. The Hall–Kier alpha value is 0.0200. The maximum atomic E-state index is 13.8. The van der Waals surface area contributed by atoms with Crippen LogP contribution in [0.2, 0.25) is 0 Å². The van der Waals surface area contributed by atoms with E-state index >= 15 is 0 Å². The Balaban J connectivity index is 2.32. The van der Waals surface area contributed by atoms with Crippen LogP contribution in [0.4, 0.5) is 4.39 Å². The predicted octanol–water partition coefficient (Wildman–Crippen LogP) is 3.57. The first-order valence-corrected chi connectivity index (χ1v) is 9.33. The van der Waals surface area contributed by atoms with E-state index in [0.717, 1.165) is 31.7 Å². The molecule has 0 atom stereocenters. The van der Waals surface area contributed by atoms with Crippen LogP contribution < -0.4 is 4.72 Å². The highest BCUT2D eigenvalue weighted by Gasteiger charge is 2.37. The molecule has 0 saturated heterocycles. The van der Waals surface area contributed by atoms with Crippen LogP contribution >= 0.6 is 31.9 Å². The molecule has 0 bridgehead atoms. The van der Waals surface area contributed by atoms with Gasteiger partial charge in [-0.3, -0.25) is 0 Å². The fourth-order valence-corrected chi connectivity index (χ4v) is 5.09. The van der Waals surface area contributed by atoms with Crippen LogP contribution in [0.5, 0.6) is 0 Å². The third kappa shape index (κ3) is 3.37. The molecule has 0 unspecified atom stereocenters. The minimum absolute atomic E-state index is 0.303. The first-order valence-electron chi connectivity index (χ1n) is 5.94. The van der Waals surface area contributed by atoms with Crippen molar-refractivity contribution in [1.29, 1.82) is 0 Å². The first kappa shape index (κ1) is 15.4. The third-order valence-electron chi connectivity index (χ3n) is 3.35. The SMILES string of the molecule is O=S(=O)(NC1(CBr)CCCC1)c1ccc(Br)cc1F. The van der Waals surface area contributed by atoms with Crippen molar-refractivity contribution in [1.82, 2.24) is 4.72 Å². The Bertz CT molecular complexity index is 571. The minimum atomic E-state index is -3.84. The molecule has 1 aliphatic carbocycles. The highest BCUT2D eigenvalue weighted by molar-refractivity contribution is 9.10. The van der Waals surface area contributed by atoms with Gasteiger partial charge in [0, 0.05) is 15.3 Å². The van der Waals surface area contributed by atoms with Gasteiger partial charge in [0.05, 0.1) is 0 Å². The maximum Gasteiger partial charge on any atom is 0.244 e. The minimum Gasteiger partial charge on any atom is -0.207 e. The summed E-state index contributed by atoms with van der Waals surface area (Å²) in [6.07, 6.45) is 3.51. The molecule has 1 fully saturated rings. The van der Waals surface area contributed by atoms with Crippen LogP contribution in [0.25, 0.3) is 0 Å². The summed E-state index contributed by atoms with van der Waals surface area (Å²) in [5.41, 5.74) is -0.488. The van der Waals surface area contributed by atoms with E-state index in [2.05, 4.69) is 36.6 Å². The predicted molar refractivity (Wildman–Crippen MR) is 79.4 cm³/mol. The van der Waals surface area contributed by atoms with Gasteiger partial charge in [-0.05, 0) is 31.0 Å². The molecular weight excluding hydrogens is 401 g/mol. The first-order chi connectivity index (χ1) is 8.88. The summed E-state index contributed by atoms with van der Waals surface area (Å²) in [5, 5.41) is 0.539. The largest absolute Gasteiger partial charge is 0.244 e. The fourth-order valence-electron chi connectivity index (χ4n) is 2.35. The Kier molecular flexibility index (Phi) is 4.70. The monoisotopic (exact) mass is 413 g/mol. The molecule has 1 aromatic rings. The summed E-state index contributed by atoms with van der Waals surface area (Å²) in [6, 6.07) is 3.95. The standard InChI is InChI=1S/C12H14Br2FNO2S/c13-8-12(5-1-2-6-12)16-19(17,18)11-4-3-9(14)7-10(11)15/h3-4,7,16H,1-2,5-6,8H2. The summed E-state index contributed by atoms with van der Waals surface area (Å²) < 4.78 is 41.6. The van der Waals surface area contributed by atoms with E-state index in [4.69, 9.17) is 0 Å². The van der Waals surface area contributed by atoms with Crippen LogP contribution in [0.15, 0.2) is 27.6 Å². The number of benzene rings is 1. The van der Waals surface area contributed by atoms with E-state index in [1.807, 2.05) is 0 Å². The second-order valence-electron chi connectivity index (χ2n) is 4.80. The van der Waals surface area contributed by atoms with Gasteiger partial charge in [-0.2, -0.15) is 0 Å². The molecule has 0 spiro atoms. The van der Waals surface area contributed by atoms with Gasteiger partial charge in [0.1, 0.15) is 10.7 Å². The molecule has 0 aromatic heterocycles. The second-order valence-corrected chi connectivity index (χ2v) is 7.93. The second kappa shape index (κ2) is 5.79. The van der Waals surface area contributed by atoms with Crippen molar-refractivity contribution in [2.45, 2.75) is 36.1 Å². The van der Waals surface area contributed by atoms with Crippen molar-refractivity contribution in [3.8, 4) is 0 Å². The molecule has 0 heterocycles. The summed E-state index contributed by atoms with van der Waals surface area (Å²) >= 11 is 6.47. The molecule has 106 valence electrons. The lowest BCUT2D eigenvalue weighted by Crippen LogP contribution is -2.47. The number of sulfonamides is 1. The fraction of sp³-hybridized carbons (Fsp3) is 0.500. The van der Waals surface area contributed by atoms with Crippen LogP contribution in [0.1, 0.15) is 25.7 Å². The molecule has 1 aromatic carbocycles. The van der Waals surface area contributed by atoms with Gasteiger partial charge in [0.15, 0.2) is 0 Å². The highest BCUT2D eigenvalue weighted by Crippen LogP contribution is 2.33. The van der Waals surface area contributed by atoms with Gasteiger partial charge in [-0.25, -0.2) is 17.5 Å². The number of rotatable bonds is 4. The molecule has 0 aliphatic heterocycles. The molecule has 19 heavy (non-hydrogen) atoms. The molecule has 1 saturated carbocycles. The molecule has 0 radical (unpaired) electrons. The average molecular weight is 415 g/mol. The zero-order chi connectivity index (χ0) is 14.1. The van der Waals surface area contributed by atoms with Crippen LogP contribution in [-0.2, 0) is 10.0 Å². The van der Waals surface area contributed by atoms with Gasteiger partial charge in [-0.1, -0.05) is 44.7 Å². The van der Waals surface area contributed by atoms with E-state index in [0.29, 0.717) is 9.80 Å². The molecule has 2 rings (SSSR count). The highest BCUT2D eigenvalue weighted by atomic mass is 79.9. The van der Waals surface area contributed by atoms with E-state index in [1.165, 1.54) is 12.1 Å². The molecule has 3 nitrogen and oxygen atoms in total. The Morgan fingerprint density at radius 1 is 1.32 bits per heavy atom. The van der Waals surface area contributed by atoms with Crippen LogP contribution in [0, 0.1) is 5.82 Å². The Morgan fingerprint density at radius 3 is 2.47 bits per heavy atom. The molecule has 1 aliphatic rings. The van der Waals surface area contributed by atoms with Crippen molar-refractivity contribution in [3.63, 3.8) is 0 Å². The number of hydrogen-bond donors (Lipinski definition) is 1. The number of nitrogens with one attached hydrogen (secondary N) is 1. The number of alkyl halides is 1. The number of hydrogen-bond acceptors (Lipinski definition) is 2. The maximum absolute atomic E-state index is 13.8. The lowest BCUT2D eigenvalue weighted by molar-refractivity contribution is 0.435. The summed E-state index contributed by atoms with van der Waals surface area (Å²) in [6.45, 7) is 0. The molecular formula is C12H14Br2FNO2S. The smallest absolute Gasteiger partial charge is 0.207 e. The summed E-state index contributed by atoms with van der Waals surface area (Å²) in [4.78, 5) is -0.303. The van der Waals surface area contributed by atoms with E-state index < -0.39 is 21.4 Å². The zero-order valence-corrected chi connectivity index (χ0v) is 14.1. The quantitative estimate of drug-likeness (QED) is 0.765. The van der Waals surface area contributed by atoms with E-state index in [-0.39, 0.29) is 4.90 Å². The summed E-state index contributed by atoms with van der Waals surface area (Å²) in [7, 11) is -3.84. The summed E-state index contributed by atoms with van der Waals surface area (Å²) in [5.74, 6) is -0.746. The molecule has 7 heteroatoms. The number of halogens is 3. The Labute approximate surface area is 129 Å². The van der Waals surface area contributed by atoms with Crippen molar-refractivity contribution in [2.24, 2.45) is 0 Å². The Morgan fingerprint density at radius 2 is 1.95 bits per heavy atom. The normalized spacial score (nSPS) is 18.7. The van der Waals surface area contributed by atoms with Gasteiger partial charge < -0.3 is 0 Å². The van der Waals surface area contributed by atoms with Crippen molar-refractivity contribution < 1.29 is 12.8 Å². The van der Waals surface area contributed by atoms with Crippen molar-refractivity contribution in [2.75, 3.05) is 5.33 Å². The van der Waals surface area contributed by atoms with Crippen LogP contribution in [-0.4, -0.2) is 19.3 Å². The molecule has 1 N–H and O–H groups in total. The van der Waals surface area contributed by atoms with E-state index in [1.54, 1.807) is 0 Å². The van der Waals surface area contributed by atoms with Gasteiger partial charge >= 0.3 is 0 Å². The van der Waals surface area contributed by atoms with Gasteiger partial charge in [-0.15, -0.1) is 0 Å².